The van der Waals surface area contributed by atoms with Gasteiger partial charge in [-0.25, -0.2) is 0 Å². The molecule has 2 nitrogen and oxygen atoms in total. The van der Waals surface area contributed by atoms with Crippen LogP contribution in [0.4, 0.5) is 0 Å². The molecule has 0 bridgehead atoms. The summed E-state index contributed by atoms with van der Waals surface area (Å²) in [4.78, 5) is 3.77. The van der Waals surface area contributed by atoms with Gasteiger partial charge in [0, 0.05) is 6.20 Å². The first-order valence-corrected chi connectivity index (χ1v) is 3.68. The topological polar surface area (TPSA) is 41.8 Å². The molecule has 1 rings (SSSR count). The van der Waals surface area contributed by atoms with E-state index in [1.165, 1.54) is 0 Å². The van der Waals surface area contributed by atoms with E-state index in [1.807, 2.05) is 12.1 Å². The molecule has 9 heavy (non-hydrogen) atoms. The van der Waals surface area contributed by atoms with E-state index in [0.29, 0.717) is 4.64 Å². The highest BCUT2D eigenvalue weighted by atomic mass is 32.2. The summed E-state index contributed by atoms with van der Waals surface area (Å²) in [6.07, 6.45) is 1.78. The number of aromatic nitrogens is 1. The van der Waals surface area contributed by atoms with Crippen LogP contribution < -0.4 is 5.14 Å². The number of pyridine rings is 1. The Morgan fingerprint density at radius 2 is 2.44 bits per heavy atom. The van der Waals surface area contributed by atoms with E-state index in [1.54, 1.807) is 6.20 Å². The van der Waals surface area contributed by atoms with Crippen molar-refractivity contribution < 1.29 is 0 Å². The second-order valence-electron chi connectivity index (χ2n) is 1.48. The molecule has 0 atom stereocenters. The molecule has 0 saturated carbocycles. The lowest BCUT2D eigenvalue weighted by Gasteiger charge is -1.91. The molecule has 1 aromatic heterocycles. The van der Waals surface area contributed by atoms with Gasteiger partial charge in [-0.1, -0.05) is 12.2 Å². The van der Waals surface area contributed by atoms with Gasteiger partial charge in [0.05, 0.1) is 4.90 Å². The molecule has 0 saturated heterocycles. The second-order valence-corrected chi connectivity index (χ2v) is 2.57. The van der Waals surface area contributed by atoms with Crippen LogP contribution in [0.15, 0.2) is 23.2 Å². The van der Waals surface area contributed by atoms with Gasteiger partial charge in [-0.3, -0.25) is 5.14 Å². The number of hydrogen-bond donors (Lipinski definition) is 2. The standard InChI is InChI=1S/C5H6N2S2/c6-9-4-2-1-3-7-5(4)8/h1-3H,6H2,(H,7,8). The summed E-state index contributed by atoms with van der Waals surface area (Å²) in [5.41, 5.74) is 0. The Kier molecular flexibility index (Phi) is 2.27. The summed E-state index contributed by atoms with van der Waals surface area (Å²) >= 11 is 6.05. The van der Waals surface area contributed by atoms with E-state index >= 15 is 0 Å². The Morgan fingerprint density at radius 3 is 2.89 bits per heavy atom. The molecule has 0 aromatic carbocycles. The van der Waals surface area contributed by atoms with E-state index in [2.05, 4.69) is 4.98 Å². The van der Waals surface area contributed by atoms with Crippen LogP contribution in [0.2, 0.25) is 0 Å². The van der Waals surface area contributed by atoms with Crippen LogP contribution in [-0.4, -0.2) is 4.98 Å². The average molecular weight is 158 g/mol. The van der Waals surface area contributed by atoms with Gasteiger partial charge >= 0.3 is 0 Å². The first kappa shape index (κ1) is 6.80. The molecule has 0 unspecified atom stereocenters. The summed E-state index contributed by atoms with van der Waals surface area (Å²) < 4.78 is 0.699. The largest absolute Gasteiger partial charge is 0.352 e. The van der Waals surface area contributed by atoms with Gasteiger partial charge in [0.25, 0.3) is 0 Å². The van der Waals surface area contributed by atoms with Crippen LogP contribution in [0, 0.1) is 4.64 Å². The fourth-order valence-corrected chi connectivity index (χ4v) is 1.10. The highest BCUT2D eigenvalue weighted by molar-refractivity contribution is 7.97. The van der Waals surface area contributed by atoms with E-state index in [-0.39, 0.29) is 0 Å². The number of nitrogens with one attached hydrogen (secondary N) is 1. The van der Waals surface area contributed by atoms with Crippen molar-refractivity contribution in [2.75, 3.05) is 0 Å². The molecular formula is C5H6N2S2. The Hall–Kier alpha value is -0.320. The number of rotatable bonds is 1. The fraction of sp³-hybridized carbons (Fsp3) is 0. The lowest BCUT2D eigenvalue weighted by molar-refractivity contribution is 1.20. The van der Waals surface area contributed by atoms with Crippen molar-refractivity contribution in [2.24, 2.45) is 5.14 Å². The Balaban J connectivity index is 3.16. The highest BCUT2D eigenvalue weighted by Crippen LogP contribution is 2.09. The zero-order valence-corrected chi connectivity index (χ0v) is 6.26. The van der Waals surface area contributed by atoms with Crippen molar-refractivity contribution in [3.05, 3.63) is 23.0 Å². The predicted molar refractivity (Wildman–Crippen MR) is 41.7 cm³/mol. The quantitative estimate of drug-likeness (QED) is 0.483. The molecule has 0 aliphatic carbocycles. The monoisotopic (exact) mass is 158 g/mol. The van der Waals surface area contributed by atoms with E-state index in [9.17, 15) is 0 Å². The van der Waals surface area contributed by atoms with Crippen molar-refractivity contribution in [1.29, 1.82) is 0 Å². The zero-order valence-electron chi connectivity index (χ0n) is 4.63. The van der Waals surface area contributed by atoms with Crippen LogP contribution in [0.1, 0.15) is 0 Å². The molecular weight excluding hydrogens is 152 g/mol. The van der Waals surface area contributed by atoms with E-state index in [0.717, 1.165) is 16.8 Å². The van der Waals surface area contributed by atoms with Gasteiger partial charge in [0.15, 0.2) is 0 Å². The average Bonchev–Trinajstić information content (AvgIpc) is 1.89. The number of hydrogen-bond acceptors (Lipinski definition) is 3. The van der Waals surface area contributed by atoms with Gasteiger partial charge in [-0.15, -0.1) is 0 Å². The zero-order chi connectivity index (χ0) is 6.69. The van der Waals surface area contributed by atoms with Crippen molar-refractivity contribution in [2.45, 2.75) is 4.90 Å². The Morgan fingerprint density at radius 1 is 1.67 bits per heavy atom. The maximum absolute atomic E-state index is 5.28. The molecule has 0 aliphatic rings. The van der Waals surface area contributed by atoms with E-state index in [4.69, 9.17) is 17.4 Å². The minimum absolute atomic E-state index is 0.699. The minimum atomic E-state index is 0.699. The van der Waals surface area contributed by atoms with Gasteiger partial charge in [0.2, 0.25) is 0 Å². The van der Waals surface area contributed by atoms with Gasteiger partial charge in [-0.05, 0) is 24.1 Å². The summed E-state index contributed by atoms with van der Waals surface area (Å²) in [7, 11) is 0. The molecule has 0 aliphatic heterocycles. The van der Waals surface area contributed by atoms with Crippen LogP contribution in [-0.2, 0) is 0 Å². The van der Waals surface area contributed by atoms with Crippen LogP contribution in [0.3, 0.4) is 0 Å². The molecule has 4 heteroatoms. The van der Waals surface area contributed by atoms with Crippen molar-refractivity contribution in [1.82, 2.24) is 4.98 Å². The molecule has 3 N–H and O–H groups in total. The van der Waals surface area contributed by atoms with Crippen LogP contribution in [0.5, 0.6) is 0 Å². The molecule has 0 fully saturated rings. The van der Waals surface area contributed by atoms with Crippen LogP contribution in [0.25, 0.3) is 0 Å². The van der Waals surface area contributed by atoms with Crippen molar-refractivity contribution in [3.63, 3.8) is 0 Å². The van der Waals surface area contributed by atoms with Crippen LogP contribution >= 0.6 is 24.2 Å². The number of aromatic amines is 1. The summed E-state index contributed by atoms with van der Waals surface area (Å²) in [6.45, 7) is 0. The molecule has 1 aromatic rings. The lowest BCUT2D eigenvalue weighted by atomic mass is 10.5. The smallest absolute Gasteiger partial charge is 0.118 e. The normalized spacial score (nSPS) is 9.44. The maximum atomic E-state index is 5.28. The summed E-state index contributed by atoms with van der Waals surface area (Å²) in [5.74, 6) is 0. The first-order valence-electron chi connectivity index (χ1n) is 2.39. The fourth-order valence-electron chi connectivity index (χ4n) is 0.499. The van der Waals surface area contributed by atoms with Crippen molar-refractivity contribution in [3.8, 4) is 0 Å². The molecule has 0 radical (unpaired) electrons. The lowest BCUT2D eigenvalue weighted by Crippen LogP contribution is -1.81. The van der Waals surface area contributed by atoms with E-state index < -0.39 is 0 Å². The Bertz CT molecular complexity index is 243. The third kappa shape index (κ3) is 1.54. The van der Waals surface area contributed by atoms with Gasteiger partial charge in [-0.2, -0.15) is 0 Å². The molecule has 0 spiro atoms. The van der Waals surface area contributed by atoms with Gasteiger partial charge in [0.1, 0.15) is 4.64 Å². The first-order chi connectivity index (χ1) is 4.34. The molecule has 48 valence electrons. The van der Waals surface area contributed by atoms with Crippen molar-refractivity contribution >= 4 is 24.2 Å². The minimum Gasteiger partial charge on any atom is -0.352 e. The third-order valence-corrected chi connectivity index (χ3v) is 1.97. The molecule has 0 amide bonds. The number of H-pyrrole nitrogens is 1. The second kappa shape index (κ2) is 3.00. The number of nitrogens with two attached hydrogens (primary N) is 1. The third-order valence-electron chi connectivity index (χ3n) is 0.909. The highest BCUT2D eigenvalue weighted by Gasteiger charge is 1.88. The molecule has 1 heterocycles. The maximum Gasteiger partial charge on any atom is 0.118 e. The SMILES string of the molecule is NSc1ccc[nH]c1=S. The summed E-state index contributed by atoms with van der Waals surface area (Å²) in [5, 5.41) is 5.28. The van der Waals surface area contributed by atoms with Gasteiger partial charge < -0.3 is 4.98 Å². The predicted octanol–water partition coefficient (Wildman–Crippen LogP) is 1.71. The Labute approximate surface area is 62.6 Å². The summed E-state index contributed by atoms with van der Waals surface area (Å²) in [6, 6.07) is 3.74.